The smallest absolute Gasteiger partial charge is 0.343 e. The van der Waals surface area contributed by atoms with E-state index in [1.165, 1.54) is 31.4 Å². The van der Waals surface area contributed by atoms with Gasteiger partial charge in [-0.05, 0) is 141 Å². The van der Waals surface area contributed by atoms with Gasteiger partial charge in [0.25, 0.3) is 0 Å². The number of esters is 3. The average molecular weight is 777 g/mol. The van der Waals surface area contributed by atoms with Crippen molar-refractivity contribution >= 4 is 23.9 Å². The van der Waals surface area contributed by atoms with E-state index < -0.39 is 23.9 Å². The normalized spacial score (nSPS) is 11.1. The van der Waals surface area contributed by atoms with Crippen LogP contribution in [0.3, 0.4) is 0 Å². The van der Waals surface area contributed by atoms with Crippen LogP contribution in [0.5, 0.6) is 28.7 Å². The van der Waals surface area contributed by atoms with Crippen LogP contribution in [0.4, 0.5) is 0 Å². The summed E-state index contributed by atoms with van der Waals surface area (Å²) >= 11 is 0. The molecule has 0 bridgehead atoms. The number of carboxylic acids is 1. The SMILES string of the molecule is CCCCCC[C@@H](C)Oc1ccc(C(=O)Oc2ccc(C(=O)Oc3ccc(-c4ccc(OC(=O)c5ccc(OCCCCC(=O)O)cc5)cc4)cc3)cc2)cc1.[NH4+]. The summed E-state index contributed by atoms with van der Waals surface area (Å²) in [6.45, 7) is 4.63. The lowest BCUT2D eigenvalue weighted by Gasteiger charge is -2.14. The molecule has 0 saturated heterocycles. The minimum atomic E-state index is -0.830. The monoisotopic (exact) mass is 776 g/mol. The fraction of sp³-hybridized carbons (Fsp3) is 0.261. The Labute approximate surface area is 333 Å². The van der Waals surface area contributed by atoms with Crippen molar-refractivity contribution in [3.8, 4) is 39.9 Å². The van der Waals surface area contributed by atoms with Crippen LogP contribution in [0.1, 0.15) is 96.3 Å². The van der Waals surface area contributed by atoms with E-state index in [0.29, 0.717) is 64.9 Å². The summed E-state index contributed by atoms with van der Waals surface area (Å²) in [6, 6.07) is 33.6. The minimum Gasteiger partial charge on any atom is -0.494 e. The van der Waals surface area contributed by atoms with Gasteiger partial charge in [0, 0.05) is 6.42 Å². The number of carbonyl (C=O) groups is 4. The van der Waals surface area contributed by atoms with Gasteiger partial charge in [-0.15, -0.1) is 0 Å². The highest BCUT2D eigenvalue weighted by Gasteiger charge is 2.14. The molecule has 5 aromatic rings. The molecule has 5 rings (SSSR count). The number of rotatable bonds is 20. The van der Waals surface area contributed by atoms with Crippen molar-refractivity contribution in [2.45, 2.75) is 71.3 Å². The zero-order valence-corrected chi connectivity index (χ0v) is 32.6. The van der Waals surface area contributed by atoms with E-state index >= 15 is 0 Å². The second-order valence-corrected chi connectivity index (χ2v) is 13.3. The van der Waals surface area contributed by atoms with E-state index in [1.54, 1.807) is 84.9 Å². The number of carbonyl (C=O) groups excluding carboxylic acids is 3. The maximum Gasteiger partial charge on any atom is 0.343 e. The van der Waals surface area contributed by atoms with E-state index in [0.717, 1.165) is 24.0 Å². The molecule has 11 heteroatoms. The third-order valence-corrected chi connectivity index (χ3v) is 8.80. The predicted molar refractivity (Wildman–Crippen MR) is 218 cm³/mol. The van der Waals surface area contributed by atoms with Gasteiger partial charge < -0.3 is 34.9 Å². The van der Waals surface area contributed by atoms with Crippen LogP contribution in [-0.2, 0) is 4.79 Å². The van der Waals surface area contributed by atoms with Gasteiger partial charge in [0.1, 0.15) is 28.7 Å². The molecule has 0 heterocycles. The van der Waals surface area contributed by atoms with Gasteiger partial charge in [0.2, 0.25) is 0 Å². The molecule has 0 spiro atoms. The first-order valence-corrected chi connectivity index (χ1v) is 18.9. The Hall–Kier alpha value is -6.46. The number of hydrogen-bond donors (Lipinski definition) is 2. The standard InChI is InChI=1S/C46H46O10.H3N/c1-3-4-5-6-9-32(2)53-39-27-17-36(18-28-39)45(50)56-42-29-19-37(20-30-42)46(51)55-41-25-13-34(14-26-41)33-11-23-40(24-12-33)54-44(49)35-15-21-38(22-16-35)52-31-8-7-10-43(47)48;/h11-30,32H,3-10,31H2,1-2H3,(H,47,48);1H3/p+1/t32-;/m1./s1. The summed E-state index contributed by atoms with van der Waals surface area (Å²) in [7, 11) is 0. The van der Waals surface area contributed by atoms with Crippen LogP contribution < -0.4 is 29.8 Å². The minimum absolute atomic E-state index is 0. The van der Waals surface area contributed by atoms with Gasteiger partial charge in [-0.25, -0.2) is 14.4 Å². The molecule has 0 radical (unpaired) electrons. The van der Waals surface area contributed by atoms with Crippen LogP contribution in [0.25, 0.3) is 11.1 Å². The van der Waals surface area contributed by atoms with E-state index in [-0.39, 0.29) is 18.7 Å². The van der Waals surface area contributed by atoms with E-state index in [1.807, 2.05) is 24.3 Å². The second-order valence-electron chi connectivity index (χ2n) is 13.3. The summed E-state index contributed by atoms with van der Waals surface area (Å²) in [5.41, 5.74) is 2.76. The summed E-state index contributed by atoms with van der Waals surface area (Å²) in [4.78, 5) is 48.8. The maximum absolute atomic E-state index is 12.8. The Morgan fingerprint density at radius 1 is 0.509 bits per heavy atom. The van der Waals surface area contributed by atoms with Crippen molar-refractivity contribution < 1.29 is 48.0 Å². The van der Waals surface area contributed by atoms with Crippen molar-refractivity contribution in [1.29, 1.82) is 0 Å². The molecule has 1 atom stereocenters. The average Bonchev–Trinajstić information content (AvgIpc) is 3.20. The maximum atomic E-state index is 12.8. The molecular formula is C46H50NO10+. The fourth-order valence-electron chi connectivity index (χ4n) is 5.66. The summed E-state index contributed by atoms with van der Waals surface area (Å²) in [5, 5.41) is 8.71. The fourth-order valence-corrected chi connectivity index (χ4v) is 5.66. The number of quaternary nitrogens is 1. The van der Waals surface area contributed by atoms with Crippen LogP contribution in [0.15, 0.2) is 121 Å². The Morgan fingerprint density at radius 3 is 1.33 bits per heavy atom. The Bertz CT molecular complexity index is 2030. The molecule has 0 aliphatic heterocycles. The van der Waals surface area contributed by atoms with Gasteiger partial charge in [-0.2, -0.15) is 0 Å². The quantitative estimate of drug-likeness (QED) is 0.0440. The van der Waals surface area contributed by atoms with Crippen molar-refractivity contribution in [2.24, 2.45) is 0 Å². The van der Waals surface area contributed by atoms with Gasteiger partial charge in [-0.3, -0.25) is 4.79 Å². The predicted octanol–water partition coefficient (Wildman–Crippen LogP) is 10.8. The number of unbranched alkanes of at least 4 members (excludes halogenated alkanes) is 4. The Morgan fingerprint density at radius 2 is 0.912 bits per heavy atom. The van der Waals surface area contributed by atoms with Gasteiger partial charge in [0.15, 0.2) is 0 Å². The molecule has 57 heavy (non-hydrogen) atoms. The number of benzene rings is 5. The molecule has 5 aromatic carbocycles. The molecule has 5 N–H and O–H groups in total. The van der Waals surface area contributed by atoms with Gasteiger partial charge in [-0.1, -0.05) is 50.5 Å². The zero-order valence-electron chi connectivity index (χ0n) is 32.6. The third kappa shape index (κ3) is 14.0. The van der Waals surface area contributed by atoms with E-state index in [9.17, 15) is 19.2 Å². The number of carboxylic acid groups (broad SMARTS) is 1. The van der Waals surface area contributed by atoms with Crippen LogP contribution >= 0.6 is 0 Å². The highest BCUT2D eigenvalue weighted by atomic mass is 16.5. The largest absolute Gasteiger partial charge is 0.494 e. The van der Waals surface area contributed by atoms with Crippen LogP contribution in [0.2, 0.25) is 0 Å². The van der Waals surface area contributed by atoms with Crippen molar-refractivity contribution in [1.82, 2.24) is 6.15 Å². The second kappa shape index (κ2) is 22.2. The molecule has 0 fully saturated rings. The topological polar surface area (TPSA) is 171 Å². The lowest BCUT2D eigenvalue weighted by Crippen LogP contribution is -2.12. The molecule has 11 nitrogen and oxygen atoms in total. The van der Waals surface area contributed by atoms with Crippen molar-refractivity contribution in [2.75, 3.05) is 6.61 Å². The van der Waals surface area contributed by atoms with Gasteiger partial charge in [0.05, 0.1) is 29.4 Å². The first-order chi connectivity index (χ1) is 27.2. The van der Waals surface area contributed by atoms with E-state index in [2.05, 4.69) is 13.8 Å². The molecule has 0 aliphatic carbocycles. The van der Waals surface area contributed by atoms with E-state index in [4.69, 9.17) is 28.8 Å². The molecule has 0 saturated carbocycles. The lowest BCUT2D eigenvalue weighted by atomic mass is 10.1. The van der Waals surface area contributed by atoms with Crippen LogP contribution in [-0.4, -0.2) is 41.7 Å². The molecule has 0 amide bonds. The highest BCUT2D eigenvalue weighted by molar-refractivity contribution is 5.93. The number of hydrogen-bond acceptors (Lipinski definition) is 9. The van der Waals surface area contributed by atoms with Crippen molar-refractivity contribution in [3.63, 3.8) is 0 Å². The third-order valence-electron chi connectivity index (χ3n) is 8.80. The lowest BCUT2D eigenvalue weighted by molar-refractivity contribution is -0.137. The molecule has 0 aromatic heterocycles. The summed E-state index contributed by atoms with van der Waals surface area (Å²) in [5.74, 6) is -0.122. The molecular weight excluding hydrogens is 727 g/mol. The number of ether oxygens (including phenoxy) is 5. The summed E-state index contributed by atoms with van der Waals surface area (Å²) in [6.07, 6.45) is 7.09. The number of aliphatic carboxylic acids is 1. The first kappa shape index (κ1) is 43.3. The van der Waals surface area contributed by atoms with Crippen molar-refractivity contribution in [3.05, 3.63) is 138 Å². The molecule has 298 valence electrons. The molecule has 0 aliphatic rings. The molecule has 0 unspecified atom stereocenters. The zero-order chi connectivity index (χ0) is 39.7. The highest BCUT2D eigenvalue weighted by Crippen LogP contribution is 2.26. The van der Waals surface area contributed by atoms with Gasteiger partial charge >= 0.3 is 23.9 Å². The first-order valence-electron chi connectivity index (χ1n) is 18.9. The Kier molecular flexibility index (Phi) is 16.8. The Balaban J connectivity index is 0.00000720. The van der Waals surface area contributed by atoms with Crippen LogP contribution in [0, 0.1) is 0 Å². The summed E-state index contributed by atoms with van der Waals surface area (Å²) < 4.78 is 28.2.